The normalized spacial score (nSPS) is 29.4. The summed E-state index contributed by atoms with van der Waals surface area (Å²) in [6.45, 7) is 5.28. The fourth-order valence-electron chi connectivity index (χ4n) is 2.39. The first-order chi connectivity index (χ1) is 8.40. The van der Waals surface area contributed by atoms with Gasteiger partial charge in [0.05, 0.1) is 12.2 Å². The van der Waals surface area contributed by atoms with E-state index in [0.717, 1.165) is 0 Å². The predicted octanol–water partition coefficient (Wildman–Crippen LogP) is 0.149. The number of hydrogen-bond donors (Lipinski definition) is 2. The van der Waals surface area contributed by atoms with E-state index >= 15 is 0 Å². The van der Waals surface area contributed by atoms with E-state index in [-0.39, 0.29) is 17.6 Å². The highest BCUT2D eigenvalue weighted by molar-refractivity contribution is 5.02. The summed E-state index contributed by atoms with van der Waals surface area (Å²) in [5, 5.41) is 9.59. The van der Waals surface area contributed by atoms with Crippen molar-refractivity contribution in [1.29, 1.82) is 0 Å². The first-order valence-corrected chi connectivity index (χ1v) is 6.05. The summed E-state index contributed by atoms with van der Waals surface area (Å²) in [5.41, 5.74) is -0.394. The number of aliphatic hydroxyl groups is 1. The highest BCUT2D eigenvalue weighted by Crippen LogP contribution is 2.33. The number of H-pyrrole nitrogens is 1. The maximum absolute atomic E-state index is 11.7. The molecule has 4 atom stereocenters. The first-order valence-electron chi connectivity index (χ1n) is 6.05. The quantitative estimate of drug-likeness (QED) is 0.786. The molecule has 0 radical (unpaired) electrons. The van der Waals surface area contributed by atoms with Crippen LogP contribution in [0.15, 0.2) is 15.8 Å². The van der Waals surface area contributed by atoms with Gasteiger partial charge in [0.1, 0.15) is 6.23 Å². The Morgan fingerprint density at radius 1 is 1.56 bits per heavy atom. The van der Waals surface area contributed by atoms with Gasteiger partial charge in [-0.15, -0.1) is 0 Å². The van der Waals surface area contributed by atoms with Gasteiger partial charge in [-0.3, -0.25) is 14.3 Å². The van der Waals surface area contributed by atoms with Crippen LogP contribution in [0.4, 0.5) is 0 Å². The molecule has 1 aliphatic heterocycles. The number of aryl methyl sites for hydroxylation is 1. The maximum Gasteiger partial charge on any atom is 0.330 e. The lowest BCUT2D eigenvalue weighted by molar-refractivity contribution is -0.0625. The zero-order valence-corrected chi connectivity index (χ0v) is 10.7. The summed E-state index contributed by atoms with van der Waals surface area (Å²) in [6, 6.07) is 0. The topological polar surface area (TPSA) is 84.3 Å². The molecule has 2 rings (SSSR count). The number of aromatic nitrogens is 2. The van der Waals surface area contributed by atoms with E-state index in [1.807, 2.05) is 6.92 Å². The molecule has 1 aromatic heterocycles. The molecule has 1 fully saturated rings. The van der Waals surface area contributed by atoms with Crippen LogP contribution in [0.3, 0.4) is 0 Å². The Hall–Kier alpha value is -1.40. The lowest BCUT2D eigenvalue weighted by atomic mass is 10.00. The number of rotatable bonds is 2. The SMILES string of the molecule is Cc1cn([C@H]2C[C@H](C)[C@@H]([C@@H](C)O)O2)c(=O)[nH]c1=O. The Bertz CT molecular complexity index is 546. The zero-order chi connectivity index (χ0) is 13.4. The summed E-state index contributed by atoms with van der Waals surface area (Å²) < 4.78 is 7.07. The standard InChI is InChI=1S/C12H18N2O4/c1-6-4-9(18-10(6)8(3)15)14-5-7(2)11(16)13-12(14)17/h5-6,8-10,15H,4H2,1-3H3,(H,13,16,17)/t6-,8+,9+,10-/m0/s1. The van der Waals surface area contributed by atoms with Crippen LogP contribution in [0.5, 0.6) is 0 Å². The number of nitrogens with zero attached hydrogens (tertiary/aromatic N) is 1. The lowest BCUT2D eigenvalue weighted by Gasteiger charge is -2.18. The van der Waals surface area contributed by atoms with Crippen LogP contribution >= 0.6 is 0 Å². The molecule has 0 amide bonds. The number of aliphatic hydroxyl groups excluding tert-OH is 1. The highest BCUT2D eigenvalue weighted by atomic mass is 16.5. The van der Waals surface area contributed by atoms with Crippen molar-refractivity contribution in [1.82, 2.24) is 9.55 Å². The van der Waals surface area contributed by atoms with E-state index in [9.17, 15) is 14.7 Å². The molecule has 100 valence electrons. The molecule has 0 bridgehead atoms. The van der Waals surface area contributed by atoms with Gasteiger partial charge in [-0.2, -0.15) is 0 Å². The first kappa shape index (κ1) is 13.0. The molecular weight excluding hydrogens is 236 g/mol. The van der Waals surface area contributed by atoms with Crippen LogP contribution in [-0.4, -0.2) is 26.9 Å². The van der Waals surface area contributed by atoms with Gasteiger partial charge in [-0.1, -0.05) is 6.92 Å². The predicted molar refractivity (Wildman–Crippen MR) is 65.4 cm³/mol. The molecule has 0 aliphatic carbocycles. The molecule has 0 aromatic carbocycles. The number of hydrogen-bond acceptors (Lipinski definition) is 4. The van der Waals surface area contributed by atoms with E-state index in [0.29, 0.717) is 12.0 Å². The van der Waals surface area contributed by atoms with Gasteiger partial charge in [0.2, 0.25) is 0 Å². The van der Waals surface area contributed by atoms with Crippen molar-refractivity contribution in [3.05, 3.63) is 32.6 Å². The fourth-order valence-corrected chi connectivity index (χ4v) is 2.39. The van der Waals surface area contributed by atoms with Gasteiger partial charge in [0.15, 0.2) is 0 Å². The largest absolute Gasteiger partial charge is 0.391 e. The highest BCUT2D eigenvalue weighted by Gasteiger charge is 2.36. The molecule has 1 aliphatic rings. The summed E-state index contributed by atoms with van der Waals surface area (Å²) in [6.07, 6.45) is 0.852. The average Bonchev–Trinajstić information content (AvgIpc) is 2.65. The van der Waals surface area contributed by atoms with E-state index < -0.39 is 18.0 Å². The maximum atomic E-state index is 11.7. The molecule has 1 aromatic rings. The Morgan fingerprint density at radius 3 is 2.78 bits per heavy atom. The van der Waals surface area contributed by atoms with Crippen molar-refractivity contribution in [3.63, 3.8) is 0 Å². The minimum Gasteiger partial charge on any atom is -0.391 e. The van der Waals surface area contributed by atoms with Crippen LogP contribution in [0.25, 0.3) is 0 Å². The molecule has 2 N–H and O–H groups in total. The van der Waals surface area contributed by atoms with Gasteiger partial charge in [0.25, 0.3) is 5.56 Å². The molecule has 18 heavy (non-hydrogen) atoms. The molecule has 0 spiro atoms. The third-order valence-corrected chi connectivity index (χ3v) is 3.38. The molecule has 6 heteroatoms. The zero-order valence-electron chi connectivity index (χ0n) is 10.7. The van der Waals surface area contributed by atoms with Crippen molar-refractivity contribution >= 4 is 0 Å². The fraction of sp³-hybridized carbons (Fsp3) is 0.667. The Balaban J connectivity index is 2.32. The molecule has 6 nitrogen and oxygen atoms in total. The second-order valence-corrected chi connectivity index (χ2v) is 4.99. The summed E-state index contributed by atoms with van der Waals surface area (Å²) >= 11 is 0. The van der Waals surface area contributed by atoms with Gasteiger partial charge >= 0.3 is 5.69 Å². The average molecular weight is 254 g/mol. The van der Waals surface area contributed by atoms with Crippen LogP contribution in [0.2, 0.25) is 0 Å². The van der Waals surface area contributed by atoms with Crippen LogP contribution in [0, 0.1) is 12.8 Å². The van der Waals surface area contributed by atoms with E-state index in [2.05, 4.69) is 4.98 Å². The second-order valence-electron chi connectivity index (χ2n) is 4.99. The molecule has 2 heterocycles. The van der Waals surface area contributed by atoms with Crippen molar-refractivity contribution in [2.45, 2.75) is 45.6 Å². The van der Waals surface area contributed by atoms with Crippen molar-refractivity contribution in [2.24, 2.45) is 5.92 Å². The minimum atomic E-state index is -0.579. The smallest absolute Gasteiger partial charge is 0.330 e. The Labute approximate surface area is 104 Å². The molecular formula is C12H18N2O4. The van der Waals surface area contributed by atoms with Crippen LogP contribution in [-0.2, 0) is 4.74 Å². The van der Waals surface area contributed by atoms with Gasteiger partial charge in [-0.25, -0.2) is 4.79 Å². The Kier molecular flexibility index (Phi) is 3.41. The Morgan fingerprint density at radius 2 is 2.22 bits per heavy atom. The summed E-state index contributed by atoms with van der Waals surface area (Å²) in [5.74, 6) is 0.161. The summed E-state index contributed by atoms with van der Waals surface area (Å²) in [7, 11) is 0. The molecule has 0 saturated carbocycles. The third-order valence-electron chi connectivity index (χ3n) is 3.38. The monoisotopic (exact) mass is 254 g/mol. The number of nitrogens with one attached hydrogen (secondary N) is 1. The second kappa shape index (κ2) is 4.70. The lowest BCUT2D eigenvalue weighted by Crippen LogP contribution is -2.34. The van der Waals surface area contributed by atoms with Crippen LogP contribution < -0.4 is 11.2 Å². The van der Waals surface area contributed by atoms with Crippen molar-refractivity contribution in [3.8, 4) is 0 Å². The molecule has 1 saturated heterocycles. The van der Waals surface area contributed by atoms with Gasteiger partial charge in [-0.05, 0) is 26.2 Å². The van der Waals surface area contributed by atoms with Crippen molar-refractivity contribution in [2.75, 3.05) is 0 Å². The van der Waals surface area contributed by atoms with Gasteiger partial charge in [0, 0.05) is 11.8 Å². The van der Waals surface area contributed by atoms with Crippen LogP contribution in [0.1, 0.15) is 32.1 Å². The minimum absolute atomic E-state index is 0.161. The summed E-state index contributed by atoms with van der Waals surface area (Å²) in [4.78, 5) is 25.3. The van der Waals surface area contributed by atoms with Gasteiger partial charge < -0.3 is 9.84 Å². The van der Waals surface area contributed by atoms with Crippen molar-refractivity contribution < 1.29 is 9.84 Å². The number of aromatic amines is 1. The number of ether oxygens (including phenoxy) is 1. The molecule has 0 unspecified atom stereocenters. The van der Waals surface area contributed by atoms with E-state index in [1.54, 1.807) is 13.8 Å². The third kappa shape index (κ3) is 2.26. The van der Waals surface area contributed by atoms with E-state index in [1.165, 1.54) is 10.8 Å². The van der Waals surface area contributed by atoms with E-state index in [4.69, 9.17) is 4.74 Å².